The maximum Gasteiger partial charge on any atom is 0.338 e. The van der Waals surface area contributed by atoms with Gasteiger partial charge in [-0.1, -0.05) is 0 Å². The third kappa shape index (κ3) is 4.58. The quantitative estimate of drug-likeness (QED) is 0.855. The van der Waals surface area contributed by atoms with E-state index >= 15 is 0 Å². The van der Waals surface area contributed by atoms with Crippen LogP contribution in [0.2, 0.25) is 0 Å². The standard InChI is InChI=1S/C18H17N3O3/c1-21(2)16-9-7-15(8-10-16)20-17(22)12-24-18(23)14-5-3-13(11-19)4-6-14/h3-10H,12H2,1-2H3,(H,20,22). The summed E-state index contributed by atoms with van der Waals surface area (Å²) in [6, 6.07) is 15.3. The van der Waals surface area contributed by atoms with Gasteiger partial charge in [0.2, 0.25) is 0 Å². The number of hydrogen-bond acceptors (Lipinski definition) is 5. The summed E-state index contributed by atoms with van der Waals surface area (Å²) in [4.78, 5) is 25.6. The fraction of sp³-hybridized carbons (Fsp3) is 0.167. The zero-order chi connectivity index (χ0) is 17.5. The second kappa shape index (κ2) is 7.79. The second-order valence-corrected chi connectivity index (χ2v) is 5.25. The van der Waals surface area contributed by atoms with Crippen LogP contribution in [0.5, 0.6) is 0 Å². The van der Waals surface area contributed by atoms with Gasteiger partial charge in [0.05, 0.1) is 17.2 Å². The number of hydrogen-bond donors (Lipinski definition) is 1. The number of nitrogens with zero attached hydrogens (tertiary/aromatic N) is 2. The van der Waals surface area contributed by atoms with Gasteiger partial charge < -0.3 is 15.0 Å². The molecule has 0 aromatic heterocycles. The van der Waals surface area contributed by atoms with Gasteiger partial charge in [-0.25, -0.2) is 4.79 Å². The molecule has 0 unspecified atom stereocenters. The molecule has 0 bridgehead atoms. The molecule has 24 heavy (non-hydrogen) atoms. The Bertz CT molecular complexity index is 760. The Hall–Kier alpha value is -3.33. The minimum absolute atomic E-state index is 0.289. The zero-order valence-corrected chi connectivity index (χ0v) is 13.4. The summed E-state index contributed by atoms with van der Waals surface area (Å²) in [5, 5.41) is 11.4. The Labute approximate surface area is 140 Å². The predicted molar refractivity (Wildman–Crippen MR) is 90.8 cm³/mol. The van der Waals surface area contributed by atoms with E-state index in [1.807, 2.05) is 37.2 Å². The molecule has 122 valence electrons. The van der Waals surface area contributed by atoms with Crippen molar-refractivity contribution in [1.82, 2.24) is 0 Å². The fourth-order valence-corrected chi connectivity index (χ4v) is 1.94. The van der Waals surface area contributed by atoms with Crippen molar-refractivity contribution < 1.29 is 14.3 Å². The van der Waals surface area contributed by atoms with Gasteiger partial charge in [0.25, 0.3) is 5.91 Å². The topological polar surface area (TPSA) is 82.4 Å². The number of benzene rings is 2. The van der Waals surface area contributed by atoms with E-state index in [0.29, 0.717) is 11.3 Å². The Balaban J connectivity index is 1.86. The van der Waals surface area contributed by atoms with Crippen LogP contribution in [0, 0.1) is 11.3 Å². The van der Waals surface area contributed by atoms with Gasteiger partial charge in [0.1, 0.15) is 0 Å². The van der Waals surface area contributed by atoms with E-state index in [4.69, 9.17) is 10.00 Å². The lowest BCUT2D eigenvalue weighted by atomic mass is 10.1. The van der Waals surface area contributed by atoms with Crippen LogP contribution < -0.4 is 10.2 Å². The van der Waals surface area contributed by atoms with E-state index < -0.39 is 11.9 Å². The lowest BCUT2D eigenvalue weighted by Gasteiger charge is -2.13. The molecule has 0 saturated heterocycles. The molecular formula is C18H17N3O3. The van der Waals surface area contributed by atoms with E-state index in [0.717, 1.165) is 5.69 Å². The highest BCUT2D eigenvalue weighted by Crippen LogP contribution is 2.15. The molecular weight excluding hydrogens is 306 g/mol. The highest BCUT2D eigenvalue weighted by molar-refractivity contribution is 5.95. The molecule has 2 aromatic rings. The molecule has 6 nitrogen and oxygen atoms in total. The smallest absolute Gasteiger partial charge is 0.338 e. The maximum absolute atomic E-state index is 11.8. The van der Waals surface area contributed by atoms with E-state index in [9.17, 15) is 9.59 Å². The molecule has 6 heteroatoms. The van der Waals surface area contributed by atoms with Gasteiger partial charge in [0, 0.05) is 25.5 Å². The first kappa shape index (κ1) is 17.0. The van der Waals surface area contributed by atoms with Gasteiger partial charge in [-0.2, -0.15) is 5.26 Å². The first-order valence-corrected chi connectivity index (χ1v) is 7.24. The molecule has 0 heterocycles. The van der Waals surface area contributed by atoms with Crippen LogP contribution in [-0.2, 0) is 9.53 Å². The number of ether oxygens (including phenoxy) is 1. The number of amides is 1. The molecule has 1 amide bonds. The molecule has 0 atom stereocenters. The molecule has 0 spiro atoms. The normalized spacial score (nSPS) is 9.71. The average molecular weight is 323 g/mol. The molecule has 2 rings (SSSR count). The summed E-state index contributed by atoms with van der Waals surface area (Å²) in [7, 11) is 3.85. The lowest BCUT2D eigenvalue weighted by Crippen LogP contribution is -2.21. The van der Waals surface area contributed by atoms with Crippen molar-refractivity contribution in [2.45, 2.75) is 0 Å². The monoisotopic (exact) mass is 323 g/mol. The van der Waals surface area contributed by atoms with Crippen LogP contribution in [-0.4, -0.2) is 32.6 Å². The fourth-order valence-electron chi connectivity index (χ4n) is 1.94. The highest BCUT2D eigenvalue weighted by Gasteiger charge is 2.10. The molecule has 0 saturated carbocycles. The van der Waals surface area contributed by atoms with Crippen molar-refractivity contribution in [1.29, 1.82) is 5.26 Å². The van der Waals surface area contributed by atoms with Crippen molar-refractivity contribution >= 4 is 23.3 Å². The van der Waals surface area contributed by atoms with Gasteiger partial charge in [0.15, 0.2) is 6.61 Å². The molecule has 0 radical (unpaired) electrons. The van der Waals surface area contributed by atoms with E-state index in [1.54, 1.807) is 12.1 Å². The van der Waals surface area contributed by atoms with E-state index in [2.05, 4.69) is 5.32 Å². The van der Waals surface area contributed by atoms with Gasteiger partial charge in [-0.15, -0.1) is 0 Å². The highest BCUT2D eigenvalue weighted by atomic mass is 16.5. The molecule has 0 aliphatic carbocycles. The van der Waals surface area contributed by atoms with Crippen molar-refractivity contribution in [3.05, 3.63) is 59.7 Å². The van der Waals surface area contributed by atoms with Crippen LogP contribution >= 0.6 is 0 Å². The van der Waals surface area contributed by atoms with Crippen LogP contribution in [0.25, 0.3) is 0 Å². The van der Waals surface area contributed by atoms with Crippen LogP contribution in [0.4, 0.5) is 11.4 Å². The number of esters is 1. The van der Waals surface area contributed by atoms with Gasteiger partial charge >= 0.3 is 5.97 Å². The Morgan fingerprint density at radius 1 is 1.08 bits per heavy atom. The first-order valence-electron chi connectivity index (χ1n) is 7.24. The zero-order valence-electron chi connectivity index (χ0n) is 13.4. The molecule has 0 fully saturated rings. The number of rotatable bonds is 5. The predicted octanol–water partition coefficient (Wildman–Crippen LogP) is 2.42. The molecule has 2 aromatic carbocycles. The summed E-state index contributed by atoms with van der Waals surface area (Å²) in [6.07, 6.45) is 0. The third-order valence-electron chi connectivity index (χ3n) is 3.25. The average Bonchev–Trinajstić information content (AvgIpc) is 2.60. The summed E-state index contributed by atoms with van der Waals surface area (Å²) in [5.74, 6) is -1.04. The van der Waals surface area contributed by atoms with E-state index in [1.165, 1.54) is 24.3 Å². The number of anilines is 2. The number of nitriles is 1. The second-order valence-electron chi connectivity index (χ2n) is 5.25. The Morgan fingerprint density at radius 2 is 1.71 bits per heavy atom. The summed E-state index contributed by atoms with van der Waals surface area (Å²) < 4.78 is 4.96. The van der Waals surface area contributed by atoms with Crippen molar-refractivity contribution in [3.8, 4) is 6.07 Å². The number of nitrogens with one attached hydrogen (secondary N) is 1. The molecule has 0 aliphatic rings. The van der Waals surface area contributed by atoms with Crippen LogP contribution in [0.1, 0.15) is 15.9 Å². The Kier molecular flexibility index (Phi) is 5.53. The summed E-state index contributed by atoms with van der Waals surface area (Å²) in [5.41, 5.74) is 2.38. The van der Waals surface area contributed by atoms with Gasteiger partial charge in [-0.3, -0.25) is 4.79 Å². The molecule has 0 aliphatic heterocycles. The van der Waals surface area contributed by atoms with Gasteiger partial charge in [-0.05, 0) is 48.5 Å². The van der Waals surface area contributed by atoms with Crippen molar-refractivity contribution in [2.24, 2.45) is 0 Å². The van der Waals surface area contributed by atoms with Crippen LogP contribution in [0.3, 0.4) is 0 Å². The van der Waals surface area contributed by atoms with Crippen molar-refractivity contribution in [3.63, 3.8) is 0 Å². The van der Waals surface area contributed by atoms with Crippen LogP contribution in [0.15, 0.2) is 48.5 Å². The van der Waals surface area contributed by atoms with E-state index in [-0.39, 0.29) is 12.2 Å². The van der Waals surface area contributed by atoms with Crippen molar-refractivity contribution in [2.75, 3.05) is 30.9 Å². The summed E-state index contributed by atoms with van der Waals surface area (Å²) in [6.45, 7) is -0.381. The summed E-state index contributed by atoms with van der Waals surface area (Å²) >= 11 is 0. The number of carbonyl (C=O) groups is 2. The lowest BCUT2D eigenvalue weighted by molar-refractivity contribution is -0.119. The SMILES string of the molecule is CN(C)c1ccc(NC(=O)COC(=O)c2ccc(C#N)cc2)cc1. The first-order chi connectivity index (χ1) is 11.5. The number of carbonyl (C=O) groups excluding carboxylic acids is 2. The third-order valence-corrected chi connectivity index (χ3v) is 3.25. The molecule has 1 N–H and O–H groups in total. The Morgan fingerprint density at radius 3 is 2.25 bits per heavy atom. The largest absolute Gasteiger partial charge is 0.452 e. The minimum Gasteiger partial charge on any atom is -0.452 e. The maximum atomic E-state index is 11.8. The minimum atomic E-state index is -0.613.